The molecule has 0 fully saturated rings. The third-order valence-electron chi connectivity index (χ3n) is 3.25. The van der Waals surface area contributed by atoms with Gasteiger partial charge >= 0.3 is 12.4 Å². The summed E-state index contributed by atoms with van der Waals surface area (Å²) in [6, 6.07) is 5.48. The number of benzene rings is 2. The highest BCUT2D eigenvalue weighted by Gasteiger charge is 2.37. The summed E-state index contributed by atoms with van der Waals surface area (Å²) < 4.78 is 82.5. The summed E-state index contributed by atoms with van der Waals surface area (Å²) in [7, 11) is 0. The van der Waals surface area contributed by atoms with Crippen molar-refractivity contribution in [3.63, 3.8) is 0 Å². The molecule has 0 bridgehead atoms. The lowest BCUT2D eigenvalue weighted by atomic mass is 10.0. The van der Waals surface area contributed by atoms with Crippen LogP contribution in [0.2, 0.25) is 0 Å². The van der Waals surface area contributed by atoms with Crippen molar-refractivity contribution in [3.8, 4) is 11.5 Å². The van der Waals surface area contributed by atoms with Crippen LogP contribution in [-0.2, 0) is 12.4 Å². The average Bonchev–Trinajstić information content (AvgIpc) is 2.88. The first-order valence-corrected chi connectivity index (χ1v) is 6.50. The van der Waals surface area contributed by atoms with E-state index >= 15 is 0 Å². The first-order valence-electron chi connectivity index (χ1n) is 6.50. The Hall–Kier alpha value is -2.71. The van der Waals surface area contributed by atoms with Crippen molar-refractivity contribution in [2.75, 3.05) is 5.73 Å². The van der Waals surface area contributed by atoms with Gasteiger partial charge in [0, 0.05) is 17.3 Å². The van der Waals surface area contributed by atoms with E-state index in [1.54, 1.807) is 0 Å². The summed E-state index contributed by atoms with van der Waals surface area (Å²) >= 11 is 0. The van der Waals surface area contributed by atoms with Crippen LogP contribution < -0.4 is 5.73 Å². The zero-order valence-electron chi connectivity index (χ0n) is 11.7. The number of alkyl halides is 6. The molecule has 9 heteroatoms. The molecule has 3 rings (SSSR count). The Balaban J connectivity index is 2.21. The number of aromatic nitrogens is 1. The second kappa shape index (κ2) is 5.15. The molecular weight excluding hydrogens is 338 g/mol. The Morgan fingerprint density at radius 1 is 0.833 bits per heavy atom. The van der Waals surface area contributed by atoms with Crippen molar-refractivity contribution in [2.45, 2.75) is 12.4 Å². The van der Waals surface area contributed by atoms with Crippen molar-refractivity contribution in [2.24, 2.45) is 0 Å². The van der Waals surface area contributed by atoms with Gasteiger partial charge in [-0.25, -0.2) is 4.98 Å². The number of halogens is 6. The van der Waals surface area contributed by atoms with Crippen molar-refractivity contribution < 1.29 is 30.8 Å². The molecule has 0 unspecified atom stereocenters. The van der Waals surface area contributed by atoms with Gasteiger partial charge in [-0.1, -0.05) is 0 Å². The number of hydrogen-bond donors (Lipinski definition) is 1. The molecule has 0 saturated heterocycles. The first-order chi connectivity index (χ1) is 11.0. The summed E-state index contributed by atoms with van der Waals surface area (Å²) in [6.45, 7) is 0. The number of hydrogen-bond acceptors (Lipinski definition) is 3. The molecule has 0 saturated carbocycles. The summed E-state index contributed by atoms with van der Waals surface area (Å²) in [5.41, 5.74) is 3.01. The standard InChI is InChI=1S/C15H8F6N2O/c16-14(17,18)8-3-7(4-9(5-8)15(19,20)21)13-23-11-2-1-10(22)6-12(11)24-13/h1-6H,22H2. The highest BCUT2D eigenvalue weighted by molar-refractivity contribution is 5.79. The topological polar surface area (TPSA) is 52.0 Å². The van der Waals surface area contributed by atoms with Crippen molar-refractivity contribution >= 4 is 16.8 Å². The van der Waals surface area contributed by atoms with Crippen LogP contribution in [0.25, 0.3) is 22.6 Å². The van der Waals surface area contributed by atoms with Crippen molar-refractivity contribution in [1.29, 1.82) is 0 Å². The second-order valence-electron chi connectivity index (χ2n) is 5.04. The molecule has 2 N–H and O–H groups in total. The van der Waals surface area contributed by atoms with Crippen LogP contribution in [0.5, 0.6) is 0 Å². The minimum absolute atomic E-state index is 0.0458. The molecule has 126 valence electrons. The lowest BCUT2D eigenvalue weighted by molar-refractivity contribution is -0.143. The van der Waals surface area contributed by atoms with Gasteiger partial charge in [-0.2, -0.15) is 26.3 Å². The van der Waals surface area contributed by atoms with Gasteiger partial charge in [0.15, 0.2) is 5.58 Å². The predicted octanol–water partition coefficient (Wildman–Crippen LogP) is 5.11. The number of anilines is 1. The monoisotopic (exact) mass is 346 g/mol. The van der Waals surface area contributed by atoms with Gasteiger partial charge < -0.3 is 10.2 Å². The highest BCUT2D eigenvalue weighted by atomic mass is 19.4. The summed E-state index contributed by atoms with van der Waals surface area (Å²) in [4.78, 5) is 3.91. The molecule has 0 amide bonds. The Labute approximate surface area is 130 Å². The third kappa shape index (κ3) is 3.01. The first kappa shape index (κ1) is 16.2. The molecule has 0 aliphatic heterocycles. The molecule has 1 heterocycles. The van der Waals surface area contributed by atoms with Crippen LogP contribution in [0.1, 0.15) is 11.1 Å². The van der Waals surface area contributed by atoms with Gasteiger partial charge in [0.1, 0.15) is 5.52 Å². The lowest BCUT2D eigenvalue weighted by Gasteiger charge is -2.12. The maximum absolute atomic E-state index is 12.9. The van der Waals surface area contributed by atoms with Crippen LogP contribution in [-0.4, -0.2) is 4.98 Å². The van der Waals surface area contributed by atoms with Crippen LogP contribution in [0.15, 0.2) is 40.8 Å². The van der Waals surface area contributed by atoms with Crippen LogP contribution in [0.4, 0.5) is 32.0 Å². The average molecular weight is 346 g/mol. The summed E-state index contributed by atoms with van der Waals surface area (Å²) in [6.07, 6.45) is -9.88. The minimum atomic E-state index is -4.94. The summed E-state index contributed by atoms with van der Waals surface area (Å²) in [5, 5.41) is 0. The molecule has 0 radical (unpaired) electrons. The van der Waals surface area contributed by atoms with E-state index in [4.69, 9.17) is 10.2 Å². The predicted molar refractivity (Wildman–Crippen MR) is 73.9 cm³/mol. The molecule has 24 heavy (non-hydrogen) atoms. The van der Waals surface area contributed by atoms with E-state index in [0.29, 0.717) is 17.8 Å². The van der Waals surface area contributed by atoms with Gasteiger partial charge in [0.05, 0.1) is 11.1 Å². The highest BCUT2D eigenvalue weighted by Crippen LogP contribution is 2.39. The smallest absolute Gasteiger partial charge is 0.416 e. The van der Waals surface area contributed by atoms with Gasteiger partial charge in [-0.15, -0.1) is 0 Å². The molecule has 3 nitrogen and oxygen atoms in total. The van der Waals surface area contributed by atoms with Gasteiger partial charge in [-0.05, 0) is 30.3 Å². The van der Waals surface area contributed by atoms with E-state index in [-0.39, 0.29) is 23.1 Å². The number of nitrogens with zero attached hydrogens (tertiary/aromatic N) is 1. The van der Waals surface area contributed by atoms with Crippen molar-refractivity contribution in [3.05, 3.63) is 47.5 Å². The third-order valence-corrected chi connectivity index (χ3v) is 3.25. The van der Waals surface area contributed by atoms with Gasteiger partial charge in [0.25, 0.3) is 0 Å². The Morgan fingerprint density at radius 3 is 1.96 bits per heavy atom. The van der Waals surface area contributed by atoms with E-state index in [9.17, 15) is 26.3 Å². The van der Waals surface area contributed by atoms with E-state index in [1.165, 1.54) is 18.2 Å². The molecular formula is C15H8F6N2O. The molecule has 0 aliphatic rings. The maximum Gasteiger partial charge on any atom is 0.416 e. The summed E-state index contributed by atoms with van der Waals surface area (Å²) in [5.74, 6) is -0.354. The quantitative estimate of drug-likeness (QED) is 0.492. The Morgan fingerprint density at radius 2 is 1.42 bits per heavy atom. The zero-order chi connectivity index (χ0) is 17.7. The lowest BCUT2D eigenvalue weighted by Crippen LogP contribution is -2.11. The molecule has 2 aromatic carbocycles. The molecule has 0 aliphatic carbocycles. The van der Waals surface area contributed by atoms with Crippen molar-refractivity contribution in [1.82, 2.24) is 4.98 Å². The van der Waals surface area contributed by atoms with E-state index in [0.717, 1.165) is 0 Å². The van der Waals surface area contributed by atoms with Gasteiger partial charge in [-0.3, -0.25) is 0 Å². The number of nitrogens with two attached hydrogens (primary N) is 1. The van der Waals surface area contributed by atoms with Crippen LogP contribution >= 0.6 is 0 Å². The minimum Gasteiger partial charge on any atom is -0.436 e. The Bertz CT molecular complexity index is 878. The van der Waals surface area contributed by atoms with E-state index < -0.39 is 29.0 Å². The second-order valence-corrected chi connectivity index (χ2v) is 5.04. The largest absolute Gasteiger partial charge is 0.436 e. The fourth-order valence-corrected chi connectivity index (χ4v) is 2.14. The number of rotatable bonds is 1. The van der Waals surface area contributed by atoms with Gasteiger partial charge in [0.2, 0.25) is 5.89 Å². The number of oxazole rings is 1. The fraction of sp³-hybridized carbons (Fsp3) is 0.133. The maximum atomic E-state index is 12.9. The van der Waals surface area contributed by atoms with E-state index in [2.05, 4.69) is 4.98 Å². The molecule has 0 spiro atoms. The zero-order valence-corrected chi connectivity index (χ0v) is 11.7. The van der Waals surface area contributed by atoms with E-state index in [1.807, 2.05) is 0 Å². The molecule has 1 aromatic heterocycles. The number of nitrogen functional groups attached to an aromatic ring is 1. The number of fused-ring (bicyclic) bond motifs is 1. The fourth-order valence-electron chi connectivity index (χ4n) is 2.14. The molecule has 0 atom stereocenters. The normalized spacial score (nSPS) is 12.8. The van der Waals surface area contributed by atoms with Crippen LogP contribution in [0, 0.1) is 0 Å². The molecule has 3 aromatic rings. The Kier molecular flexibility index (Phi) is 3.47. The SMILES string of the molecule is Nc1ccc2nc(-c3cc(C(F)(F)F)cc(C(F)(F)F)c3)oc2c1. The van der Waals surface area contributed by atoms with Crippen LogP contribution in [0.3, 0.4) is 0 Å².